The zero-order valence-electron chi connectivity index (χ0n) is 17.0. The average Bonchev–Trinajstić information content (AvgIpc) is 3.33. The summed E-state index contributed by atoms with van der Waals surface area (Å²) in [7, 11) is -4.30. The van der Waals surface area contributed by atoms with Gasteiger partial charge in [0, 0.05) is 0 Å². The monoisotopic (exact) mass is 478 g/mol. The molecule has 4 atom stereocenters. The first kappa shape index (κ1) is 22.9. The predicted octanol–water partition coefficient (Wildman–Crippen LogP) is -1.63. The molecular weight excluding hydrogens is 460 g/mol. The molecule has 1 fully saturated rings. The SMILES string of the molecule is Cc1ccc(S(=O)(=O)OC[C@H]2O[C@@](C=O)(n3cnc4c(=O)[nH]cnc43)[C@@](O)(C=O)[C@@H]2O)cc1. The van der Waals surface area contributed by atoms with Crippen LogP contribution in [0.5, 0.6) is 0 Å². The van der Waals surface area contributed by atoms with Crippen molar-refractivity contribution in [3.05, 3.63) is 52.8 Å². The quantitative estimate of drug-likeness (QED) is 0.261. The number of aldehydes is 2. The minimum absolute atomic E-state index is 0.0308. The fourth-order valence-electron chi connectivity index (χ4n) is 3.61. The molecule has 1 aromatic carbocycles. The summed E-state index contributed by atoms with van der Waals surface area (Å²) in [5, 5.41) is 21.6. The van der Waals surface area contributed by atoms with Crippen molar-refractivity contribution < 1.29 is 37.1 Å². The van der Waals surface area contributed by atoms with E-state index in [0.717, 1.165) is 22.8 Å². The molecule has 0 aliphatic carbocycles. The van der Waals surface area contributed by atoms with Crippen molar-refractivity contribution in [2.75, 3.05) is 6.61 Å². The average molecular weight is 478 g/mol. The number of H-pyrrole nitrogens is 1. The molecule has 174 valence electrons. The van der Waals surface area contributed by atoms with E-state index in [1.54, 1.807) is 19.1 Å². The molecule has 13 nitrogen and oxygen atoms in total. The number of aromatic amines is 1. The number of aromatic nitrogens is 4. The van der Waals surface area contributed by atoms with E-state index in [0.29, 0.717) is 0 Å². The van der Waals surface area contributed by atoms with Gasteiger partial charge in [-0.3, -0.25) is 23.1 Å². The molecule has 1 aliphatic heterocycles. The Morgan fingerprint density at radius 1 is 1.24 bits per heavy atom. The van der Waals surface area contributed by atoms with Gasteiger partial charge < -0.3 is 19.9 Å². The van der Waals surface area contributed by atoms with Crippen molar-refractivity contribution in [2.45, 2.75) is 35.4 Å². The van der Waals surface area contributed by atoms with Crippen LogP contribution < -0.4 is 5.56 Å². The molecule has 0 saturated carbocycles. The summed E-state index contributed by atoms with van der Waals surface area (Å²) in [4.78, 5) is 45.9. The van der Waals surface area contributed by atoms with Gasteiger partial charge in [0.15, 0.2) is 23.7 Å². The summed E-state index contributed by atoms with van der Waals surface area (Å²) in [6.45, 7) is 0.922. The normalized spacial score (nSPS) is 27.6. The minimum Gasteiger partial charge on any atom is -0.387 e. The Labute approximate surface area is 185 Å². The number of fused-ring (bicyclic) bond motifs is 1. The Morgan fingerprint density at radius 3 is 2.58 bits per heavy atom. The number of nitrogens with zero attached hydrogens (tertiary/aromatic N) is 3. The number of ether oxygens (including phenoxy) is 1. The fraction of sp³-hybridized carbons (Fsp3) is 0.316. The zero-order valence-corrected chi connectivity index (χ0v) is 17.8. The number of hydrogen-bond donors (Lipinski definition) is 3. The highest BCUT2D eigenvalue weighted by Gasteiger charge is 2.68. The van der Waals surface area contributed by atoms with Crippen molar-refractivity contribution in [3.63, 3.8) is 0 Å². The number of carbonyl (C=O) groups is 2. The third kappa shape index (κ3) is 3.39. The van der Waals surface area contributed by atoms with Crippen LogP contribution in [0.2, 0.25) is 0 Å². The summed E-state index contributed by atoms with van der Waals surface area (Å²) in [5.74, 6) is 0. The molecule has 0 unspecified atom stereocenters. The Morgan fingerprint density at radius 2 is 1.94 bits per heavy atom. The summed E-state index contributed by atoms with van der Waals surface area (Å²) in [6, 6.07) is 5.74. The van der Waals surface area contributed by atoms with Crippen LogP contribution in [0.15, 0.2) is 46.6 Å². The van der Waals surface area contributed by atoms with Crippen LogP contribution in [-0.2, 0) is 34.4 Å². The van der Waals surface area contributed by atoms with Crippen molar-refractivity contribution in [1.82, 2.24) is 19.5 Å². The van der Waals surface area contributed by atoms with Crippen LogP contribution in [0.4, 0.5) is 0 Å². The summed E-state index contributed by atoms with van der Waals surface area (Å²) in [6.07, 6.45) is -1.89. The molecule has 1 saturated heterocycles. The Kier molecular flexibility index (Phi) is 5.50. The van der Waals surface area contributed by atoms with Gasteiger partial charge in [0.05, 0.1) is 17.8 Å². The van der Waals surface area contributed by atoms with E-state index in [2.05, 4.69) is 15.0 Å². The number of imidazole rings is 1. The second-order valence-corrected chi connectivity index (χ2v) is 9.04. The Bertz CT molecular complexity index is 1380. The van der Waals surface area contributed by atoms with E-state index in [-0.39, 0.29) is 28.6 Å². The van der Waals surface area contributed by atoms with Crippen LogP contribution in [0.1, 0.15) is 5.56 Å². The van der Waals surface area contributed by atoms with Gasteiger partial charge in [0.1, 0.15) is 18.5 Å². The maximum absolute atomic E-state index is 12.5. The van der Waals surface area contributed by atoms with E-state index in [1.165, 1.54) is 12.1 Å². The van der Waals surface area contributed by atoms with Crippen molar-refractivity contribution in [1.29, 1.82) is 0 Å². The van der Waals surface area contributed by atoms with Crippen molar-refractivity contribution in [3.8, 4) is 0 Å². The van der Waals surface area contributed by atoms with Gasteiger partial charge in [-0.2, -0.15) is 8.42 Å². The molecule has 14 heteroatoms. The maximum Gasteiger partial charge on any atom is 0.297 e. The van der Waals surface area contributed by atoms with Gasteiger partial charge in [-0.1, -0.05) is 17.7 Å². The smallest absolute Gasteiger partial charge is 0.297 e. The van der Waals surface area contributed by atoms with E-state index >= 15 is 0 Å². The first-order valence-electron chi connectivity index (χ1n) is 9.48. The lowest BCUT2D eigenvalue weighted by Gasteiger charge is -2.34. The van der Waals surface area contributed by atoms with Crippen LogP contribution in [0.3, 0.4) is 0 Å². The third-order valence-electron chi connectivity index (χ3n) is 5.44. The number of carbonyl (C=O) groups excluding carboxylic acids is 2. The third-order valence-corrected chi connectivity index (χ3v) is 6.74. The van der Waals surface area contributed by atoms with E-state index < -0.39 is 45.8 Å². The molecule has 3 heterocycles. The van der Waals surface area contributed by atoms with Crippen LogP contribution >= 0.6 is 0 Å². The molecule has 2 aromatic heterocycles. The lowest BCUT2D eigenvalue weighted by atomic mass is 9.87. The number of aliphatic hydroxyl groups is 2. The fourth-order valence-corrected chi connectivity index (χ4v) is 4.53. The Balaban J connectivity index is 1.71. The number of benzene rings is 1. The molecular formula is C19H18N4O9S. The maximum atomic E-state index is 12.5. The van der Waals surface area contributed by atoms with Crippen molar-refractivity contribution >= 4 is 33.9 Å². The molecule has 3 aromatic rings. The lowest BCUT2D eigenvalue weighted by Crippen LogP contribution is -2.59. The molecule has 33 heavy (non-hydrogen) atoms. The van der Waals surface area contributed by atoms with Crippen LogP contribution in [0, 0.1) is 6.92 Å². The van der Waals surface area contributed by atoms with Gasteiger partial charge in [0.2, 0.25) is 11.3 Å². The zero-order chi connectivity index (χ0) is 24.0. The largest absolute Gasteiger partial charge is 0.387 e. The Hall–Kier alpha value is -3.30. The lowest BCUT2D eigenvalue weighted by molar-refractivity contribution is -0.185. The van der Waals surface area contributed by atoms with E-state index in [9.17, 15) is 33.0 Å². The summed E-state index contributed by atoms with van der Waals surface area (Å²) >= 11 is 0. The van der Waals surface area contributed by atoms with Crippen LogP contribution in [-0.4, -0.2) is 75.1 Å². The molecule has 0 radical (unpaired) electrons. The van der Waals surface area contributed by atoms with Crippen LogP contribution in [0.25, 0.3) is 11.2 Å². The van der Waals surface area contributed by atoms with Gasteiger partial charge in [-0.05, 0) is 19.1 Å². The van der Waals surface area contributed by atoms with Gasteiger partial charge >= 0.3 is 0 Å². The second-order valence-electron chi connectivity index (χ2n) is 7.43. The highest BCUT2D eigenvalue weighted by Crippen LogP contribution is 2.42. The topological polar surface area (TPSA) is 191 Å². The van der Waals surface area contributed by atoms with Crippen molar-refractivity contribution in [2.24, 2.45) is 0 Å². The number of hydrogen-bond acceptors (Lipinski definition) is 11. The number of aryl methyl sites for hydroxylation is 1. The first-order chi connectivity index (χ1) is 15.6. The number of nitrogens with one attached hydrogen (secondary N) is 1. The molecule has 0 bridgehead atoms. The molecule has 0 spiro atoms. The molecule has 3 N–H and O–H groups in total. The van der Waals surface area contributed by atoms with Gasteiger partial charge in [-0.25, -0.2) is 9.97 Å². The number of aliphatic hydroxyl groups excluding tert-OH is 1. The predicted molar refractivity (Wildman–Crippen MR) is 108 cm³/mol. The van der Waals surface area contributed by atoms with E-state index in [4.69, 9.17) is 8.92 Å². The first-order valence-corrected chi connectivity index (χ1v) is 10.9. The molecule has 4 rings (SSSR count). The second kappa shape index (κ2) is 7.93. The highest BCUT2D eigenvalue weighted by molar-refractivity contribution is 7.86. The highest BCUT2D eigenvalue weighted by atomic mass is 32.2. The summed E-state index contributed by atoms with van der Waals surface area (Å²) in [5.41, 5.74) is -5.83. The van der Waals surface area contributed by atoms with Gasteiger partial charge in [-0.15, -0.1) is 0 Å². The standard InChI is InChI=1S/C19H18N4O9S/c1-11-2-4-12(5-3-11)33(29,30)31-6-13-15(26)18(28,7-24)19(8-25,32-13)23-10-22-14-16(23)20-9-21-17(14)27/h2-5,7-10,13,15,26,28H,6H2,1H3,(H,20,21,27)/t13-,15-,18-,19-/m1/s1. The van der Waals surface area contributed by atoms with E-state index in [1.807, 2.05) is 0 Å². The van der Waals surface area contributed by atoms with Gasteiger partial charge in [0.25, 0.3) is 15.7 Å². The summed E-state index contributed by atoms with van der Waals surface area (Å²) < 4.78 is 36.3. The molecule has 1 aliphatic rings. The molecule has 0 amide bonds. The minimum atomic E-state index is -4.30. The number of rotatable bonds is 7.